The molecule has 0 spiro atoms. The SMILES string of the molecule is CC(C)(C)c1ccc(Cn2nc(-c3ccccc3)cc2C(=O)Nc2ccc(Cl)cc2)cc1. The second-order valence-electron chi connectivity index (χ2n) is 8.85. The van der Waals surface area contributed by atoms with Crippen LogP contribution < -0.4 is 5.32 Å². The Kier molecular flexibility index (Phi) is 6.15. The molecule has 4 nitrogen and oxygen atoms in total. The normalized spacial score (nSPS) is 11.4. The third-order valence-electron chi connectivity index (χ3n) is 5.34. The molecule has 0 unspecified atom stereocenters. The second kappa shape index (κ2) is 9.01. The van der Waals surface area contributed by atoms with Crippen LogP contribution in [0.5, 0.6) is 0 Å². The largest absolute Gasteiger partial charge is 0.321 e. The van der Waals surface area contributed by atoms with Crippen LogP contribution in [0.2, 0.25) is 5.02 Å². The monoisotopic (exact) mass is 443 g/mol. The first-order valence-electron chi connectivity index (χ1n) is 10.6. The molecule has 32 heavy (non-hydrogen) atoms. The van der Waals surface area contributed by atoms with E-state index in [1.165, 1.54) is 5.56 Å². The van der Waals surface area contributed by atoms with Gasteiger partial charge in [-0.1, -0.05) is 87.0 Å². The molecule has 1 N–H and O–H groups in total. The van der Waals surface area contributed by atoms with E-state index in [4.69, 9.17) is 16.7 Å². The van der Waals surface area contributed by atoms with E-state index in [2.05, 4.69) is 50.4 Å². The van der Waals surface area contributed by atoms with Crippen LogP contribution in [0.15, 0.2) is 84.9 Å². The first-order chi connectivity index (χ1) is 15.3. The summed E-state index contributed by atoms with van der Waals surface area (Å²) in [7, 11) is 0. The Morgan fingerprint density at radius 1 is 0.938 bits per heavy atom. The summed E-state index contributed by atoms with van der Waals surface area (Å²) in [6.45, 7) is 7.09. The van der Waals surface area contributed by atoms with Crippen LogP contribution in [0, 0.1) is 0 Å². The van der Waals surface area contributed by atoms with Crippen molar-refractivity contribution in [3.05, 3.63) is 107 Å². The third-order valence-corrected chi connectivity index (χ3v) is 5.59. The van der Waals surface area contributed by atoms with Gasteiger partial charge in [0.25, 0.3) is 5.91 Å². The van der Waals surface area contributed by atoms with E-state index in [0.29, 0.717) is 22.9 Å². The van der Waals surface area contributed by atoms with Crippen molar-refractivity contribution < 1.29 is 4.79 Å². The van der Waals surface area contributed by atoms with E-state index in [0.717, 1.165) is 16.8 Å². The summed E-state index contributed by atoms with van der Waals surface area (Å²) in [6, 6.07) is 27.3. The van der Waals surface area contributed by atoms with Gasteiger partial charge >= 0.3 is 0 Å². The van der Waals surface area contributed by atoms with Gasteiger partial charge in [0.1, 0.15) is 5.69 Å². The molecule has 0 aliphatic carbocycles. The summed E-state index contributed by atoms with van der Waals surface area (Å²) in [5, 5.41) is 8.33. The lowest BCUT2D eigenvalue weighted by Crippen LogP contribution is -2.18. The van der Waals surface area contributed by atoms with Crippen LogP contribution in [0.4, 0.5) is 5.69 Å². The average Bonchev–Trinajstić information content (AvgIpc) is 3.20. The first-order valence-corrected chi connectivity index (χ1v) is 11.0. The molecule has 0 bridgehead atoms. The van der Waals surface area contributed by atoms with Gasteiger partial charge in [-0.3, -0.25) is 9.48 Å². The van der Waals surface area contributed by atoms with Crippen LogP contribution in [0.1, 0.15) is 42.4 Å². The number of anilines is 1. The van der Waals surface area contributed by atoms with Gasteiger partial charge in [-0.15, -0.1) is 0 Å². The third kappa shape index (κ3) is 5.09. The molecule has 0 aliphatic rings. The predicted octanol–water partition coefficient (Wildman–Crippen LogP) is 6.80. The quantitative estimate of drug-likeness (QED) is 0.368. The molecule has 0 radical (unpaired) electrons. The lowest BCUT2D eigenvalue weighted by Gasteiger charge is -2.19. The number of nitrogens with zero attached hydrogens (tertiary/aromatic N) is 2. The number of carbonyl (C=O) groups excluding carboxylic acids is 1. The van der Waals surface area contributed by atoms with Crippen molar-refractivity contribution in [3.8, 4) is 11.3 Å². The van der Waals surface area contributed by atoms with E-state index in [1.807, 2.05) is 36.4 Å². The maximum Gasteiger partial charge on any atom is 0.273 e. The standard InChI is InChI=1S/C27H26ClN3O/c1-27(2,3)21-11-9-19(10-12-21)18-31-25(17-24(30-31)20-7-5-4-6-8-20)26(32)29-23-15-13-22(28)14-16-23/h4-17H,18H2,1-3H3,(H,29,32). The lowest BCUT2D eigenvalue weighted by molar-refractivity contribution is 0.101. The van der Waals surface area contributed by atoms with Crippen molar-refractivity contribution in [2.45, 2.75) is 32.7 Å². The number of amides is 1. The summed E-state index contributed by atoms with van der Waals surface area (Å²) in [4.78, 5) is 13.1. The van der Waals surface area contributed by atoms with Crippen LogP contribution >= 0.6 is 11.6 Å². The molecule has 0 aliphatic heterocycles. The molecule has 0 atom stereocenters. The van der Waals surface area contributed by atoms with Crippen LogP contribution in [0.3, 0.4) is 0 Å². The molecule has 1 amide bonds. The smallest absolute Gasteiger partial charge is 0.273 e. The molecule has 1 aromatic heterocycles. The number of hydrogen-bond donors (Lipinski definition) is 1. The van der Waals surface area contributed by atoms with Crippen LogP contribution in [0.25, 0.3) is 11.3 Å². The lowest BCUT2D eigenvalue weighted by atomic mass is 9.87. The molecule has 4 aromatic rings. The summed E-state index contributed by atoms with van der Waals surface area (Å²) in [5.74, 6) is -0.215. The van der Waals surface area contributed by atoms with E-state index in [9.17, 15) is 4.79 Å². The topological polar surface area (TPSA) is 46.9 Å². The maximum atomic E-state index is 13.1. The van der Waals surface area contributed by atoms with E-state index < -0.39 is 0 Å². The minimum Gasteiger partial charge on any atom is -0.321 e. The number of carbonyl (C=O) groups is 1. The fraction of sp³-hybridized carbons (Fsp3) is 0.185. The van der Waals surface area contributed by atoms with Gasteiger partial charge in [0.15, 0.2) is 0 Å². The van der Waals surface area contributed by atoms with E-state index in [-0.39, 0.29) is 11.3 Å². The van der Waals surface area contributed by atoms with Crippen molar-refractivity contribution in [1.29, 1.82) is 0 Å². The highest BCUT2D eigenvalue weighted by atomic mass is 35.5. The fourth-order valence-electron chi connectivity index (χ4n) is 3.48. The predicted molar refractivity (Wildman–Crippen MR) is 131 cm³/mol. The fourth-order valence-corrected chi connectivity index (χ4v) is 3.61. The number of rotatable bonds is 5. The maximum absolute atomic E-state index is 13.1. The van der Waals surface area contributed by atoms with Crippen molar-refractivity contribution in [1.82, 2.24) is 9.78 Å². The van der Waals surface area contributed by atoms with Crippen molar-refractivity contribution in [2.75, 3.05) is 5.32 Å². The summed E-state index contributed by atoms with van der Waals surface area (Å²) in [6.07, 6.45) is 0. The van der Waals surface area contributed by atoms with E-state index >= 15 is 0 Å². The summed E-state index contributed by atoms with van der Waals surface area (Å²) < 4.78 is 1.76. The number of nitrogens with one attached hydrogen (secondary N) is 1. The second-order valence-corrected chi connectivity index (χ2v) is 9.28. The highest BCUT2D eigenvalue weighted by molar-refractivity contribution is 6.30. The minimum absolute atomic E-state index is 0.0916. The number of benzene rings is 3. The Morgan fingerprint density at radius 3 is 2.22 bits per heavy atom. The molecule has 162 valence electrons. The minimum atomic E-state index is -0.215. The zero-order valence-electron chi connectivity index (χ0n) is 18.5. The number of halogens is 1. The van der Waals surface area contributed by atoms with Crippen molar-refractivity contribution >= 4 is 23.2 Å². The van der Waals surface area contributed by atoms with Gasteiger partial charge in [0.2, 0.25) is 0 Å². The van der Waals surface area contributed by atoms with E-state index in [1.54, 1.807) is 28.9 Å². The molecule has 0 fully saturated rings. The van der Waals surface area contributed by atoms with Gasteiger partial charge in [0, 0.05) is 16.3 Å². The zero-order chi connectivity index (χ0) is 22.7. The van der Waals surface area contributed by atoms with Gasteiger partial charge in [-0.2, -0.15) is 5.10 Å². The molecular weight excluding hydrogens is 418 g/mol. The van der Waals surface area contributed by atoms with Crippen molar-refractivity contribution in [3.63, 3.8) is 0 Å². The Hall–Kier alpha value is -3.37. The van der Waals surface area contributed by atoms with Crippen LogP contribution in [-0.4, -0.2) is 15.7 Å². The molecule has 4 rings (SSSR count). The number of aromatic nitrogens is 2. The Balaban J connectivity index is 1.65. The average molecular weight is 444 g/mol. The zero-order valence-corrected chi connectivity index (χ0v) is 19.2. The van der Waals surface area contributed by atoms with Gasteiger partial charge in [-0.25, -0.2) is 0 Å². The summed E-state index contributed by atoms with van der Waals surface area (Å²) >= 11 is 5.96. The Labute approximate surface area is 193 Å². The van der Waals surface area contributed by atoms with Gasteiger partial charge < -0.3 is 5.32 Å². The molecule has 0 saturated carbocycles. The molecule has 3 aromatic carbocycles. The molecule has 5 heteroatoms. The number of hydrogen-bond acceptors (Lipinski definition) is 2. The first kappa shape index (κ1) is 21.8. The van der Waals surface area contributed by atoms with Gasteiger partial charge in [0.05, 0.1) is 12.2 Å². The Bertz CT molecular complexity index is 1200. The molecule has 0 saturated heterocycles. The summed E-state index contributed by atoms with van der Waals surface area (Å²) in [5.41, 5.74) is 5.36. The Morgan fingerprint density at radius 2 is 1.59 bits per heavy atom. The highest BCUT2D eigenvalue weighted by Gasteiger charge is 2.18. The van der Waals surface area contributed by atoms with Crippen LogP contribution in [-0.2, 0) is 12.0 Å². The molecule has 1 heterocycles. The highest BCUT2D eigenvalue weighted by Crippen LogP contribution is 2.24. The van der Waals surface area contributed by atoms with Crippen molar-refractivity contribution in [2.24, 2.45) is 0 Å². The molecular formula is C27H26ClN3O. The van der Waals surface area contributed by atoms with Gasteiger partial charge in [-0.05, 0) is 46.9 Å².